The topological polar surface area (TPSA) is 71.3 Å². The van der Waals surface area contributed by atoms with Crippen LogP contribution in [0.15, 0.2) is 83.4 Å². The SMILES string of the molecule is CC(NC(=O)c1ccccc1N(C)c1ccccc1)c1nc(-c2ccc(F)cc2)no1. The van der Waals surface area contributed by atoms with Gasteiger partial charge < -0.3 is 14.7 Å². The second-order valence-corrected chi connectivity index (χ2v) is 7.07. The molecule has 156 valence electrons. The molecule has 6 nitrogen and oxygen atoms in total. The van der Waals surface area contributed by atoms with E-state index < -0.39 is 6.04 Å². The Labute approximate surface area is 179 Å². The van der Waals surface area contributed by atoms with Crippen LogP contribution >= 0.6 is 0 Å². The van der Waals surface area contributed by atoms with E-state index in [1.54, 1.807) is 25.1 Å². The van der Waals surface area contributed by atoms with E-state index in [-0.39, 0.29) is 17.6 Å². The van der Waals surface area contributed by atoms with Crippen LogP contribution in [0.5, 0.6) is 0 Å². The molecular formula is C24H21FN4O2. The molecule has 7 heteroatoms. The molecule has 1 aromatic heterocycles. The fraction of sp³-hybridized carbons (Fsp3) is 0.125. The van der Waals surface area contributed by atoms with Gasteiger partial charge in [0, 0.05) is 18.3 Å². The number of carbonyl (C=O) groups is 1. The van der Waals surface area contributed by atoms with Crippen LogP contribution in [0.4, 0.5) is 15.8 Å². The summed E-state index contributed by atoms with van der Waals surface area (Å²) in [6.07, 6.45) is 0. The standard InChI is InChI=1S/C24H21FN4O2/c1-16(24-27-22(28-31-24)17-12-14-18(25)15-13-17)26-23(30)20-10-6-7-11-21(20)29(2)19-8-4-3-5-9-19/h3-16H,1-2H3,(H,26,30). The maximum absolute atomic E-state index is 13.1. The molecule has 1 atom stereocenters. The van der Waals surface area contributed by atoms with Crippen LogP contribution in [0.1, 0.15) is 29.2 Å². The second kappa shape index (κ2) is 8.79. The first kappa shape index (κ1) is 20.3. The van der Waals surface area contributed by atoms with E-state index in [1.165, 1.54) is 12.1 Å². The van der Waals surface area contributed by atoms with Crippen LogP contribution in [0.25, 0.3) is 11.4 Å². The number of halogens is 1. The maximum atomic E-state index is 13.1. The highest BCUT2D eigenvalue weighted by atomic mass is 19.1. The second-order valence-electron chi connectivity index (χ2n) is 7.07. The summed E-state index contributed by atoms with van der Waals surface area (Å²) in [6.45, 7) is 1.77. The molecule has 0 fully saturated rings. The Bertz CT molecular complexity index is 1180. The minimum Gasteiger partial charge on any atom is -0.344 e. The first-order valence-electron chi connectivity index (χ1n) is 9.81. The van der Waals surface area contributed by atoms with E-state index in [0.717, 1.165) is 11.4 Å². The molecule has 0 aliphatic heterocycles. The van der Waals surface area contributed by atoms with Crippen molar-refractivity contribution in [2.45, 2.75) is 13.0 Å². The summed E-state index contributed by atoms with van der Waals surface area (Å²) in [5.41, 5.74) is 2.90. The lowest BCUT2D eigenvalue weighted by molar-refractivity contribution is 0.0933. The normalized spacial score (nSPS) is 11.7. The van der Waals surface area contributed by atoms with Crippen LogP contribution in [0, 0.1) is 5.82 Å². The number of benzene rings is 3. The van der Waals surface area contributed by atoms with E-state index in [4.69, 9.17) is 4.52 Å². The zero-order valence-electron chi connectivity index (χ0n) is 17.1. The Balaban J connectivity index is 1.52. The fourth-order valence-corrected chi connectivity index (χ4v) is 3.21. The number of anilines is 2. The van der Waals surface area contributed by atoms with Crippen molar-refractivity contribution in [2.75, 3.05) is 11.9 Å². The zero-order valence-corrected chi connectivity index (χ0v) is 17.1. The maximum Gasteiger partial charge on any atom is 0.254 e. The van der Waals surface area contributed by atoms with Crippen molar-refractivity contribution in [3.8, 4) is 11.4 Å². The zero-order chi connectivity index (χ0) is 21.8. The lowest BCUT2D eigenvalue weighted by Crippen LogP contribution is -2.28. The number of aromatic nitrogens is 2. The van der Waals surface area contributed by atoms with Gasteiger partial charge in [-0.05, 0) is 55.5 Å². The predicted molar refractivity (Wildman–Crippen MR) is 117 cm³/mol. The number of para-hydroxylation sites is 2. The third-order valence-corrected chi connectivity index (χ3v) is 4.92. The van der Waals surface area contributed by atoms with Crippen LogP contribution < -0.4 is 10.2 Å². The number of hydrogen-bond donors (Lipinski definition) is 1. The molecule has 0 aliphatic carbocycles. The molecule has 0 saturated heterocycles. The number of nitrogens with one attached hydrogen (secondary N) is 1. The van der Waals surface area contributed by atoms with E-state index >= 15 is 0 Å². The van der Waals surface area contributed by atoms with Gasteiger partial charge in [0.1, 0.15) is 11.9 Å². The fourth-order valence-electron chi connectivity index (χ4n) is 3.21. The summed E-state index contributed by atoms with van der Waals surface area (Å²) in [6, 6.07) is 22.5. The molecular weight excluding hydrogens is 395 g/mol. The lowest BCUT2D eigenvalue weighted by atomic mass is 10.1. The quantitative estimate of drug-likeness (QED) is 0.472. The largest absolute Gasteiger partial charge is 0.344 e. The molecule has 1 N–H and O–H groups in total. The van der Waals surface area contributed by atoms with Gasteiger partial charge in [0.15, 0.2) is 0 Å². The molecule has 0 aliphatic rings. The molecule has 0 saturated carbocycles. The first-order valence-corrected chi connectivity index (χ1v) is 9.81. The summed E-state index contributed by atoms with van der Waals surface area (Å²) in [4.78, 5) is 19.3. The number of rotatable bonds is 6. The molecule has 4 aromatic rings. The Hall–Kier alpha value is -4.00. The van der Waals surface area contributed by atoms with Gasteiger partial charge in [0.2, 0.25) is 11.7 Å². The van der Waals surface area contributed by atoms with Gasteiger partial charge in [-0.25, -0.2) is 4.39 Å². The Morgan fingerprint density at radius 2 is 1.68 bits per heavy atom. The van der Waals surface area contributed by atoms with E-state index in [0.29, 0.717) is 17.0 Å². The van der Waals surface area contributed by atoms with Crippen LogP contribution in [-0.4, -0.2) is 23.1 Å². The number of amides is 1. The van der Waals surface area contributed by atoms with Crippen molar-refractivity contribution < 1.29 is 13.7 Å². The summed E-state index contributed by atoms with van der Waals surface area (Å²) >= 11 is 0. The number of hydrogen-bond acceptors (Lipinski definition) is 5. The Morgan fingerprint density at radius 3 is 2.42 bits per heavy atom. The Morgan fingerprint density at radius 1 is 1.00 bits per heavy atom. The Kier molecular flexibility index (Phi) is 5.75. The van der Waals surface area contributed by atoms with E-state index in [2.05, 4.69) is 15.5 Å². The van der Waals surface area contributed by atoms with Gasteiger partial charge in [-0.1, -0.05) is 35.5 Å². The van der Waals surface area contributed by atoms with Crippen molar-refractivity contribution in [1.29, 1.82) is 0 Å². The minimum atomic E-state index is -0.510. The van der Waals surface area contributed by atoms with Gasteiger partial charge in [0.25, 0.3) is 5.91 Å². The first-order chi connectivity index (χ1) is 15.0. The molecule has 0 bridgehead atoms. The molecule has 4 rings (SSSR count). The number of nitrogens with zero attached hydrogens (tertiary/aromatic N) is 3. The van der Waals surface area contributed by atoms with Crippen molar-refractivity contribution in [3.63, 3.8) is 0 Å². The molecule has 31 heavy (non-hydrogen) atoms. The summed E-state index contributed by atoms with van der Waals surface area (Å²) in [5.74, 6) is 0.00142. The lowest BCUT2D eigenvalue weighted by Gasteiger charge is -2.22. The molecule has 1 unspecified atom stereocenters. The molecule has 0 spiro atoms. The third kappa shape index (κ3) is 4.45. The van der Waals surface area contributed by atoms with E-state index in [1.807, 2.05) is 60.5 Å². The average Bonchev–Trinajstić information content (AvgIpc) is 3.30. The average molecular weight is 416 g/mol. The summed E-state index contributed by atoms with van der Waals surface area (Å²) in [5, 5.41) is 6.85. The van der Waals surface area contributed by atoms with Gasteiger partial charge in [-0.15, -0.1) is 0 Å². The molecule has 1 heterocycles. The highest BCUT2D eigenvalue weighted by molar-refractivity contribution is 6.00. The van der Waals surface area contributed by atoms with Crippen LogP contribution in [-0.2, 0) is 0 Å². The highest BCUT2D eigenvalue weighted by Crippen LogP contribution is 2.27. The van der Waals surface area contributed by atoms with Gasteiger partial charge in [-0.2, -0.15) is 4.98 Å². The minimum absolute atomic E-state index is 0.257. The summed E-state index contributed by atoms with van der Waals surface area (Å²) < 4.78 is 18.4. The molecule has 0 radical (unpaired) electrons. The monoisotopic (exact) mass is 416 g/mol. The van der Waals surface area contributed by atoms with Crippen molar-refractivity contribution in [3.05, 3.63) is 96.1 Å². The third-order valence-electron chi connectivity index (χ3n) is 4.92. The van der Waals surface area contributed by atoms with Crippen LogP contribution in [0.2, 0.25) is 0 Å². The molecule has 1 amide bonds. The van der Waals surface area contributed by atoms with E-state index in [9.17, 15) is 9.18 Å². The summed E-state index contributed by atoms with van der Waals surface area (Å²) in [7, 11) is 1.91. The van der Waals surface area contributed by atoms with Crippen molar-refractivity contribution in [2.24, 2.45) is 0 Å². The van der Waals surface area contributed by atoms with Crippen molar-refractivity contribution >= 4 is 17.3 Å². The highest BCUT2D eigenvalue weighted by Gasteiger charge is 2.21. The smallest absolute Gasteiger partial charge is 0.254 e. The van der Waals surface area contributed by atoms with Gasteiger partial charge in [0.05, 0.1) is 11.3 Å². The number of carbonyl (C=O) groups excluding carboxylic acids is 1. The molecule has 3 aromatic carbocycles. The van der Waals surface area contributed by atoms with Crippen molar-refractivity contribution in [1.82, 2.24) is 15.5 Å². The van der Waals surface area contributed by atoms with Gasteiger partial charge >= 0.3 is 0 Å². The van der Waals surface area contributed by atoms with Crippen LogP contribution in [0.3, 0.4) is 0 Å². The predicted octanol–water partition coefficient (Wildman–Crippen LogP) is 5.13. The van der Waals surface area contributed by atoms with Gasteiger partial charge in [-0.3, -0.25) is 4.79 Å².